The smallest absolute Gasteiger partial charge is 0.240 e. The van der Waals surface area contributed by atoms with E-state index in [2.05, 4.69) is 17.9 Å². The monoisotopic (exact) mass is 359 g/mol. The normalized spacial score (nSPS) is 25.4. The van der Waals surface area contributed by atoms with E-state index in [9.17, 15) is 13.2 Å². The summed E-state index contributed by atoms with van der Waals surface area (Å²) < 4.78 is 31.6. The average Bonchev–Trinajstić information content (AvgIpc) is 2.82. The molecule has 0 aliphatic carbocycles. The second kappa shape index (κ2) is 7.95. The molecule has 0 aromatic heterocycles. The fraction of sp³-hybridized carbons (Fsp3) is 0.812. The minimum absolute atomic E-state index is 0.139. The second-order valence-electron chi connectivity index (χ2n) is 6.53. The molecule has 7 nitrogen and oxygen atoms in total. The summed E-state index contributed by atoms with van der Waals surface area (Å²) in [5.74, 6) is -0.755. The van der Waals surface area contributed by atoms with Crippen LogP contribution in [-0.4, -0.2) is 73.7 Å². The number of hydrogen-bond donors (Lipinski definition) is 1. The zero-order chi connectivity index (χ0) is 17.8. The summed E-state index contributed by atoms with van der Waals surface area (Å²) in [6.07, 6.45) is 5.13. The van der Waals surface area contributed by atoms with E-state index in [-0.39, 0.29) is 32.1 Å². The number of hydrogen-bond acceptors (Lipinski definition) is 5. The van der Waals surface area contributed by atoms with E-state index in [0.717, 1.165) is 13.0 Å². The number of carbonyl (C=O) groups is 1. The predicted molar refractivity (Wildman–Crippen MR) is 92.9 cm³/mol. The average molecular weight is 359 g/mol. The van der Waals surface area contributed by atoms with Gasteiger partial charge in [-0.2, -0.15) is 4.31 Å². The van der Waals surface area contributed by atoms with E-state index in [1.165, 1.54) is 4.31 Å². The first-order valence-electron chi connectivity index (χ1n) is 8.59. The molecule has 1 amide bonds. The molecule has 24 heavy (non-hydrogen) atoms. The summed E-state index contributed by atoms with van der Waals surface area (Å²) in [7, 11) is -3.80. The minimum atomic E-state index is -3.80. The molecule has 8 heteroatoms. The van der Waals surface area contributed by atoms with Crippen LogP contribution in [0.1, 0.15) is 33.1 Å². The summed E-state index contributed by atoms with van der Waals surface area (Å²) in [6.45, 7) is 6.89. The van der Waals surface area contributed by atoms with Crippen LogP contribution >= 0.6 is 0 Å². The van der Waals surface area contributed by atoms with Crippen LogP contribution in [0, 0.1) is 0 Å². The molecule has 1 atom stereocenters. The maximum atomic E-state index is 13.2. The number of ether oxygens (including phenoxy) is 1. The van der Waals surface area contributed by atoms with Gasteiger partial charge in [0.15, 0.2) is 4.75 Å². The zero-order valence-electron chi connectivity index (χ0n) is 14.6. The Hall–Kier alpha value is -0.960. The van der Waals surface area contributed by atoms with Crippen LogP contribution in [-0.2, 0) is 19.6 Å². The standard InChI is InChI=1S/C16H29N3O4S/c1-3-5-14(2)18-8-4-9-19(11-10-18)24(21,22)16(15(17)20)6-12-23-13-7-16/h3,5,14H,4,6-13H2,1-2H3,(H2,17,20)/b5-3-. The highest BCUT2D eigenvalue weighted by atomic mass is 32.2. The molecule has 1 unspecified atom stereocenters. The molecule has 2 heterocycles. The van der Waals surface area contributed by atoms with Crippen molar-refractivity contribution in [2.45, 2.75) is 43.9 Å². The third-order valence-corrected chi connectivity index (χ3v) is 7.76. The number of amides is 1. The van der Waals surface area contributed by atoms with E-state index < -0.39 is 20.7 Å². The van der Waals surface area contributed by atoms with Gasteiger partial charge in [-0.1, -0.05) is 12.2 Å². The Morgan fingerprint density at radius 1 is 1.21 bits per heavy atom. The van der Waals surface area contributed by atoms with Gasteiger partial charge in [0.05, 0.1) is 0 Å². The van der Waals surface area contributed by atoms with Gasteiger partial charge < -0.3 is 10.5 Å². The molecule has 0 bridgehead atoms. The third-order valence-electron chi connectivity index (χ3n) is 5.12. The molecule has 2 saturated heterocycles. The molecular weight excluding hydrogens is 330 g/mol. The fourth-order valence-electron chi connectivity index (χ4n) is 3.54. The largest absolute Gasteiger partial charge is 0.381 e. The van der Waals surface area contributed by atoms with Crippen LogP contribution in [0.15, 0.2) is 12.2 Å². The molecule has 0 aromatic carbocycles. The first-order chi connectivity index (χ1) is 11.3. The van der Waals surface area contributed by atoms with Crippen molar-refractivity contribution in [1.29, 1.82) is 0 Å². The van der Waals surface area contributed by atoms with E-state index in [1.807, 2.05) is 13.0 Å². The highest BCUT2D eigenvalue weighted by molar-refractivity contribution is 7.91. The van der Waals surface area contributed by atoms with Gasteiger partial charge >= 0.3 is 0 Å². The molecular formula is C16H29N3O4S. The highest BCUT2D eigenvalue weighted by Gasteiger charge is 2.53. The summed E-state index contributed by atoms with van der Waals surface area (Å²) in [5.41, 5.74) is 5.53. The Morgan fingerprint density at radius 2 is 1.88 bits per heavy atom. The molecule has 0 saturated carbocycles. The zero-order valence-corrected chi connectivity index (χ0v) is 15.4. The van der Waals surface area contributed by atoms with Crippen molar-refractivity contribution in [3.8, 4) is 0 Å². The molecule has 2 aliphatic heterocycles. The summed E-state index contributed by atoms with van der Waals surface area (Å²) in [4.78, 5) is 14.3. The van der Waals surface area contributed by atoms with Crippen LogP contribution in [0.25, 0.3) is 0 Å². The molecule has 138 valence electrons. The number of carbonyl (C=O) groups excluding carboxylic acids is 1. The fourth-order valence-corrected chi connectivity index (χ4v) is 5.66. The van der Waals surface area contributed by atoms with Gasteiger partial charge in [-0.15, -0.1) is 0 Å². The van der Waals surface area contributed by atoms with E-state index in [0.29, 0.717) is 19.6 Å². The number of sulfonamides is 1. The summed E-state index contributed by atoms with van der Waals surface area (Å²) >= 11 is 0. The lowest BCUT2D eigenvalue weighted by Crippen LogP contribution is -2.59. The van der Waals surface area contributed by atoms with Gasteiger partial charge in [-0.05, 0) is 20.3 Å². The number of allylic oxidation sites excluding steroid dienone is 1. The van der Waals surface area contributed by atoms with Crippen molar-refractivity contribution in [3.05, 3.63) is 12.2 Å². The topological polar surface area (TPSA) is 92.9 Å². The van der Waals surface area contributed by atoms with Gasteiger partial charge in [-0.25, -0.2) is 8.42 Å². The van der Waals surface area contributed by atoms with Gasteiger partial charge in [-0.3, -0.25) is 9.69 Å². The van der Waals surface area contributed by atoms with Crippen LogP contribution in [0.2, 0.25) is 0 Å². The molecule has 2 aliphatic rings. The summed E-state index contributed by atoms with van der Waals surface area (Å²) in [6, 6.07) is 0.269. The van der Waals surface area contributed by atoms with Crippen LogP contribution < -0.4 is 5.73 Å². The lowest BCUT2D eigenvalue weighted by atomic mass is 9.98. The second-order valence-corrected chi connectivity index (χ2v) is 8.78. The van der Waals surface area contributed by atoms with Crippen molar-refractivity contribution >= 4 is 15.9 Å². The number of nitrogens with zero attached hydrogens (tertiary/aromatic N) is 2. The molecule has 2 fully saturated rings. The Labute approximate surface area is 144 Å². The lowest BCUT2D eigenvalue weighted by molar-refractivity contribution is -0.123. The first-order valence-corrected chi connectivity index (χ1v) is 10.0. The lowest BCUT2D eigenvalue weighted by Gasteiger charge is -2.37. The van der Waals surface area contributed by atoms with Gasteiger partial charge in [0.25, 0.3) is 0 Å². The van der Waals surface area contributed by atoms with Gasteiger partial charge in [0.1, 0.15) is 0 Å². The molecule has 0 radical (unpaired) electrons. The Balaban J connectivity index is 2.18. The van der Waals surface area contributed by atoms with Crippen molar-refractivity contribution < 1.29 is 17.9 Å². The van der Waals surface area contributed by atoms with Crippen molar-refractivity contribution in [1.82, 2.24) is 9.21 Å². The van der Waals surface area contributed by atoms with E-state index >= 15 is 0 Å². The quantitative estimate of drug-likeness (QED) is 0.714. The van der Waals surface area contributed by atoms with Crippen LogP contribution in [0.3, 0.4) is 0 Å². The predicted octanol–water partition coefficient (Wildman–Crippen LogP) is 0.323. The number of primary amides is 1. The van der Waals surface area contributed by atoms with Crippen molar-refractivity contribution in [3.63, 3.8) is 0 Å². The minimum Gasteiger partial charge on any atom is -0.381 e. The van der Waals surface area contributed by atoms with Gasteiger partial charge in [0.2, 0.25) is 15.9 Å². The number of rotatable bonds is 5. The van der Waals surface area contributed by atoms with Gasteiger partial charge in [0, 0.05) is 58.3 Å². The van der Waals surface area contributed by atoms with E-state index in [4.69, 9.17) is 10.5 Å². The highest BCUT2D eigenvalue weighted by Crippen LogP contribution is 2.33. The summed E-state index contributed by atoms with van der Waals surface area (Å²) in [5, 5.41) is 0. The number of nitrogens with two attached hydrogens (primary N) is 1. The molecule has 0 aromatic rings. The van der Waals surface area contributed by atoms with Crippen molar-refractivity contribution in [2.24, 2.45) is 5.73 Å². The Morgan fingerprint density at radius 3 is 2.46 bits per heavy atom. The molecule has 0 spiro atoms. The van der Waals surface area contributed by atoms with Crippen LogP contribution in [0.4, 0.5) is 0 Å². The maximum absolute atomic E-state index is 13.2. The SMILES string of the molecule is C/C=C\C(C)N1CCCN(S(=O)(=O)C2(C(N)=O)CCOCC2)CC1. The maximum Gasteiger partial charge on any atom is 0.240 e. The Kier molecular flexibility index (Phi) is 6.41. The van der Waals surface area contributed by atoms with E-state index in [1.54, 1.807) is 0 Å². The Bertz CT molecular complexity index is 570. The molecule has 2 N–H and O–H groups in total. The first kappa shape index (κ1) is 19.4. The third kappa shape index (κ3) is 3.66. The molecule has 2 rings (SSSR count). The van der Waals surface area contributed by atoms with Crippen molar-refractivity contribution in [2.75, 3.05) is 39.4 Å². The van der Waals surface area contributed by atoms with Crippen LogP contribution in [0.5, 0.6) is 0 Å².